The molecular formula is C30H22F3N3O5. The van der Waals surface area contributed by atoms with Crippen molar-refractivity contribution in [1.29, 1.82) is 0 Å². The molecule has 1 fully saturated rings. The molecule has 3 heterocycles. The second kappa shape index (κ2) is 10.2. The van der Waals surface area contributed by atoms with Crippen LogP contribution in [0.5, 0.6) is 0 Å². The van der Waals surface area contributed by atoms with E-state index in [4.69, 9.17) is 4.74 Å². The number of carbonyl (C=O) groups excluding carboxylic acids is 1. The number of esters is 1. The van der Waals surface area contributed by atoms with Crippen LogP contribution in [0.4, 0.5) is 18.9 Å². The fraction of sp³-hybridized carbons (Fsp3) is 0.167. The zero-order valence-electron chi connectivity index (χ0n) is 21.4. The standard InChI is InChI=1S/C30H22F3N3O5/c31-18-3-1-17(2-4-18)27-26(16-41-30(27)40)35-11-9-34(10-12-35)25-14-24-21(13-23(25)33)28(37)22(29(38)39)15-36(24)20-7-5-19(32)6-8-20/h1-8,13-15H,9-12,16H2,(H,38,39). The number of fused-ring (bicyclic) bond motifs is 1. The van der Waals surface area contributed by atoms with Crippen LogP contribution in [0.25, 0.3) is 22.2 Å². The predicted octanol–water partition coefficient (Wildman–Crippen LogP) is 4.20. The third-order valence-corrected chi connectivity index (χ3v) is 7.37. The Labute approximate surface area is 231 Å². The number of aromatic carboxylic acids is 1. The van der Waals surface area contributed by atoms with Gasteiger partial charge in [0.1, 0.15) is 29.6 Å². The fourth-order valence-corrected chi connectivity index (χ4v) is 5.31. The second-order valence-electron chi connectivity index (χ2n) is 9.72. The van der Waals surface area contributed by atoms with E-state index in [1.165, 1.54) is 59.2 Å². The van der Waals surface area contributed by atoms with Crippen LogP contribution in [0.2, 0.25) is 0 Å². The van der Waals surface area contributed by atoms with Gasteiger partial charge in [0.05, 0.1) is 22.5 Å². The predicted molar refractivity (Wildman–Crippen MR) is 144 cm³/mol. The molecule has 6 rings (SSSR count). The summed E-state index contributed by atoms with van der Waals surface area (Å²) in [4.78, 5) is 40.9. The van der Waals surface area contributed by atoms with Gasteiger partial charge in [0.2, 0.25) is 5.43 Å². The number of benzene rings is 3. The van der Waals surface area contributed by atoms with E-state index in [2.05, 4.69) is 0 Å². The zero-order valence-corrected chi connectivity index (χ0v) is 21.4. The number of anilines is 1. The highest BCUT2D eigenvalue weighted by Crippen LogP contribution is 2.32. The first-order valence-electron chi connectivity index (χ1n) is 12.8. The summed E-state index contributed by atoms with van der Waals surface area (Å²) >= 11 is 0. The number of cyclic esters (lactones) is 1. The number of carboxylic acid groups (broad SMARTS) is 1. The van der Waals surface area contributed by atoms with Crippen LogP contribution in [-0.4, -0.2) is 59.3 Å². The first-order valence-corrected chi connectivity index (χ1v) is 12.8. The topological polar surface area (TPSA) is 92.1 Å². The van der Waals surface area contributed by atoms with Gasteiger partial charge in [-0.3, -0.25) is 4.79 Å². The highest BCUT2D eigenvalue weighted by molar-refractivity contribution is 6.19. The van der Waals surface area contributed by atoms with Crippen LogP contribution in [0.15, 0.2) is 77.4 Å². The molecule has 0 atom stereocenters. The maximum atomic E-state index is 15.5. The zero-order chi connectivity index (χ0) is 28.8. The lowest BCUT2D eigenvalue weighted by Crippen LogP contribution is -2.46. The van der Waals surface area contributed by atoms with Gasteiger partial charge in [-0.15, -0.1) is 0 Å². The van der Waals surface area contributed by atoms with Crippen LogP contribution >= 0.6 is 0 Å². The van der Waals surface area contributed by atoms with Gasteiger partial charge in [0, 0.05) is 43.4 Å². The molecule has 1 aromatic heterocycles. The quantitative estimate of drug-likeness (QED) is 0.366. The SMILES string of the molecule is O=C1OCC(N2CCN(c3cc4c(cc3F)c(=O)c(C(=O)O)cn4-c3ccc(F)cc3)CC2)=C1c1ccc(F)cc1. The van der Waals surface area contributed by atoms with Crippen LogP contribution < -0.4 is 10.3 Å². The minimum absolute atomic E-state index is 0.0751. The monoisotopic (exact) mass is 561 g/mol. The average molecular weight is 562 g/mol. The third kappa shape index (κ3) is 4.69. The molecular weight excluding hydrogens is 539 g/mol. The Morgan fingerprint density at radius 2 is 1.44 bits per heavy atom. The summed E-state index contributed by atoms with van der Waals surface area (Å²) in [5.41, 5.74) is 1.09. The first kappa shape index (κ1) is 26.2. The van der Waals surface area contributed by atoms with E-state index in [1.807, 2.05) is 4.90 Å². The Morgan fingerprint density at radius 1 is 0.829 bits per heavy atom. The van der Waals surface area contributed by atoms with Crippen molar-refractivity contribution in [2.24, 2.45) is 0 Å². The molecule has 41 heavy (non-hydrogen) atoms. The summed E-state index contributed by atoms with van der Waals surface area (Å²) in [6.07, 6.45) is 1.15. The summed E-state index contributed by atoms with van der Waals surface area (Å²) < 4.78 is 49.2. The van der Waals surface area contributed by atoms with Gasteiger partial charge in [0.15, 0.2) is 0 Å². The molecule has 0 aliphatic carbocycles. The molecule has 0 amide bonds. The van der Waals surface area contributed by atoms with Gasteiger partial charge in [-0.05, 0) is 54.1 Å². The van der Waals surface area contributed by atoms with Crippen molar-refractivity contribution in [2.75, 3.05) is 37.7 Å². The number of nitrogens with zero attached hydrogens (tertiary/aromatic N) is 3. The lowest BCUT2D eigenvalue weighted by Gasteiger charge is -2.38. The molecule has 8 nitrogen and oxygen atoms in total. The van der Waals surface area contributed by atoms with Crippen molar-refractivity contribution < 1.29 is 32.6 Å². The van der Waals surface area contributed by atoms with Crippen LogP contribution in [-0.2, 0) is 9.53 Å². The molecule has 1 N–H and O–H groups in total. The lowest BCUT2D eigenvalue weighted by atomic mass is 10.0. The van der Waals surface area contributed by atoms with E-state index in [1.54, 1.807) is 4.90 Å². The third-order valence-electron chi connectivity index (χ3n) is 7.37. The number of ether oxygens (including phenoxy) is 1. The van der Waals surface area contributed by atoms with Gasteiger partial charge in [-0.2, -0.15) is 0 Å². The van der Waals surface area contributed by atoms with E-state index in [0.29, 0.717) is 48.7 Å². The molecule has 2 aliphatic heterocycles. The highest BCUT2D eigenvalue weighted by Gasteiger charge is 2.32. The largest absolute Gasteiger partial charge is 0.477 e. The summed E-state index contributed by atoms with van der Waals surface area (Å²) in [6, 6.07) is 13.4. The van der Waals surface area contributed by atoms with E-state index in [-0.39, 0.29) is 23.2 Å². The van der Waals surface area contributed by atoms with Crippen molar-refractivity contribution in [2.45, 2.75) is 0 Å². The second-order valence-corrected chi connectivity index (χ2v) is 9.72. The number of carboxylic acids is 1. The van der Waals surface area contributed by atoms with E-state index in [9.17, 15) is 28.3 Å². The van der Waals surface area contributed by atoms with Gasteiger partial charge >= 0.3 is 11.9 Å². The molecule has 11 heteroatoms. The van der Waals surface area contributed by atoms with Crippen molar-refractivity contribution in [3.8, 4) is 5.69 Å². The highest BCUT2D eigenvalue weighted by atomic mass is 19.1. The number of piperazine rings is 1. The van der Waals surface area contributed by atoms with Crippen molar-refractivity contribution in [3.05, 3.63) is 111 Å². The average Bonchev–Trinajstić information content (AvgIpc) is 3.35. The van der Waals surface area contributed by atoms with E-state index in [0.717, 1.165) is 12.3 Å². The smallest absolute Gasteiger partial charge is 0.341 e. The Hall–Kier alpha value is -5.06. The summed E-state index contributed by atoms with van der Waals surface area (Å²) in [7, 11) is 0. The van der Waals surface area contributed by atoms with Crippen LogP contribution in [0, 0.1) is 17.5 Å². The number of hydrogen-bond donors (Lipinski definition) is 1. The molecule has 0 unspecified atom stereocenters. The van der Waals surface area contributed by atoms with Gasteiger partial charge in [-0.1, -0.05) is 12.1 Å². The Kier molecular flexibility index (Phi) is 6.49. The molecule has 0 radical (unpaired) electrons. The van der Waals surface area contributed by atoms with Gasteiger partial charge in [-0.25, -0.2) is 22.8 Å². The lowest BCUT2D eigenvalue weighted by molar-refractivity contribution is -0.134. The number of carbonyl (C=O) groups is 2. The molecule has 0 saturated carbocycles. The fourth-order valence-electron chi connectivity index (χ4n) is 5.31. The molecule has 0 bridgehead atoms. The van der Waals surface area contributed by atoms with Crippen molar-refractivity contribution in [1.82, 2.24) is 9.47 Å². The first-order chi connectivity index (χ1) is 19.7. The Balaban J connectivity index is 1.35. The molecule has 3 aromatic carbocycles. The molecule has 4 aromatic rings. The van der Waals surface area contributed by atoms with E-state index < -0.39 is 40.4 Å². The maximum Gasteiger partial charge on any atom is 0.341 e. The van der Waals surface area contributed by atoms with Gasteiger partial charge in [0.25, 0.3) is 0 Å². The molecule has 2 aliphatic rings. The molecule has 0 spiro atoms. The Bertz CT molecular complexity index is 1790. The van der Waals surface area contributed by atoms with Gasteiger partial charge < -0.3 is 24.2 Å². The molecule has 1 saturated heterocycles. The minimum atomic E-state index is -1.46. The number of pyridine rings is 1. The number of hydrogen-bond acceptors (Lipinski definition) is 6. The van der Waals surface area contributed by atoms with Crippen LogP contribution in [0.3, 0.4) is 0 Å². The summed E-state index contributed by atoms with van der Waals surface area (Å²) in [5, 5.41) is 9.45. The summed E-state index contributed by atoms with van der Waals surface area (Å²) in [6.45, 7) is 1.66. The maximum absolute atomic E-state index is 15.5. The number of rotatable bonds is 5. The normalized spacial score (nSPS) is 15.5. The number of halogens is 3. The van der Waals surface area contributed by atoms with E-state index >= 15 is 4.39 Å². The minimum Gasteiger partial charge on any atom is -0.477 e. The van der Waals surface area contributed by atoms with Crippen molar-refractivity contribution >= 4 is 34.1 Å². The summed E-state index contributed by atoms with van der Waals surface area (Å²) in [5.74, 6) is -3.56. The van der Waals surface area contributed by atoms with Crippen molar-refractivity contribution in [3.63, 3.8) is 0 Å². The Morgan fingerprint density at radius 3 is 2.07 bits per heavy atom. The molecule has 208 valence electrons. The number of aromatic nitrogens is 1. The van der Waals surface area contributed by atoms with Crippen LogP contribution in [0.1, 0.15) is 15.9 Å².